The number of amides is 2. The second-order valence-corrected chi connectivity index (χ2v) is 13.0. The Hall–Kier alpha value is -2.90. The van der Waals surface area contributed by atoms with Crippen LogP contribution in [-0.2, 0) is 11.2 Å². The molecule has 3 aliphatic heterocycles. The van der Waals surface area contributed by atoms with Gasteiger partial charge in [0.05, 0.1) is 22.6 Å². The van der Waals surface area contributed by atoms with Crippen molar-refractivity contribution in [1.82, 2.24) is 20.0 Å². The minimum Gasteiger partial charge on any atom is -0.334 e. The van der Waals surface area contributed by atoms with Gasteiger partial charge in [0.15, 0.2) is 0 Å². The summed E-state index contributed by atoms with van der Waals surface area (Å²) in [5.41, 5.74) is 5.06. The highest BCUT2D eigenvalue weighted by atomic mass is 35.5. The van der Waals surface area contributed by atoms with Crippen LogP contribution in [0.5, 0.6) is 0 Å². The number of benzene rings is 3. The Balaban J connectivity index is 1.12. The van der Waals surface area contributed by atoms with E-state index in [1.807, 2.05) is 47.9 Å². The second kappa shape index (κ2) is 12.4. The van der Waals surface area contributed by atoms with Crippen molar-refractivity contribution < 1.29 is 9.59 Å². The molecule has 3 saturated heterocycles. The van der Waals surface area contributed by atoms with E-state index in [-0.39, 0.29) is 24.4 Å². The van der Waals surface area contributed by atoms with Crippen molar-refractivity contribution in [3.63, 3.8) is 0 Å². The molecule has 3 aromatic rings. The zero-order chi connectivity index (χ0) is 29.4. The molecular weight excluding hydrogens is 567 g/mol. The van der Waals surface area contributed by atoms with Gasteiger partial charge < -0.3 is 15.1 Å². The van der Waals surface area contributed by atoms with Crippen molar-refractivity contribution in [2.24, 2.45) is 5.92 Å². The molecule has 1 N–H and O–H groups in total. The zero-order valence-electron chi connectivity index (χ0n) is 24.2. The number of piperazine rings is 1. The average molecular weight is 606 g/mol. The lowest BCUT2D eigenvalue weighted by Gasteiger charge is -2.42. The lowest BCUT2D eigenvalue weighted by molar-refractivity contribution is -0.135. The summed E-state index contributed by atoms with van der Waals surface area (Å²) in [4.78, 5) is 33.6. The average Bonchev–Trinajstić information content (AvgIpc) is 3.57. The van der Waals surface area contributed by atoms with Gasteiger partial charge in [-0.1, -0.05) is 76.8 Å². The summed E-state index contributed by atoms with van der Waals surface area (Å²) in [6.45, 7) is 7.69. The van der Waals surface area contributed by atoms with E-state index >= 15 is 0 Å². The molecule has 3 aliphatic rings. The SMILES string of the molecule is Cc1cc(C)cc(C(=O)N2CCN(C(=O)CNC3CN4CC3CC4Cc3ccccc3)C(c3ccc(Cl)c(Cl)c3)C2)c1. The number of hydrogen-bond donors (Lipinski definition) is 1. The Bertz CT molecular complexity index is 1440. The summed E-state index contributed by atoms with van der Waals surface area (Å²) in [6.07, 6.45) is 2.24. The van der Waals surface area contributed by atoms with Crippen molar-refractivity contribution in [3.05, 3.63) is 105 Å². The van der Waals surface area contributed by atoms with Crippen LogP contribution < -0.4 is 5.32 Å². The first kappa shape index (κ1) is 29.2. The number of nitrogens with one attached hydrogen (secondary N) is 1. The number of nitrogens with zero attached hydrogens (tertiary/aromatic N) is 3. The van der Waals surface area contributed by atoms with Crippen LogP contribution in [0.3, 0.4) is 0 Å². The van der Waals surface area contributed by atoms with Crippen LogP contribution in [0, 0.1) is 19.8 Å². The zero-order valence-corrected chi connectivity index (χ0v) is 25.7. The largest absolute Gasteiger partial charge is 0.334 e. The number of halogens is 2. The van der Waals surface area contributed by atoms with E-state index in [1.54, 1.807) is 6.07 Å². The number of carbonyl (C=O) groups is 2. The van der Waals surface area contributed by atoms with Crippen LogP contribution >= 0.6 is 23.2 Å². The Morgan fingerprint density at radius 2 is 1.64 bits per heavy atom. The number of fused-ring (bicyclic) bond motifs is 2. The van der Waals surface area contributed by atoms with E-state index in [4.69, 9.17) is 23.2 Å². The summed E-state index contributed by atoms with van der Waals surface area (Å²) in [6, 6.07) is 22.7. The quantitative estimate of drug-likeness (QED) is 0.385. The van der Waals surface area contributed by atoms with Gasteiger partial charge in [0.25, 0.3) is 5.91 Å². The summed E-state index contributed by atoms with van der Waals surface area (Å²) in [5, 5.41) is 4.51. The van der Waals surface area contributed by atoms with E-state index in [2.05, 4.69) is 46.6 Å². The van der Waals surface area contributed by atoms with Gasteiger partial charge in [0.2, 0.25) is 5.91 Å². The van der Waals surface area contributed by atoms with Crippen molar-refractivity contribution in [2.45, 2.75) is 44.8 Å². The number of rotatable bonds is 7. The molecule has 5 atom stereocenters. The predicted molar refractivity (Wildman–Crippen MR) is 168 cm³/mol. The monoisotopic (exact) mass is 604 g/mol. The van der Waals surface area contributed by atoms with E-state index in [9.17, 15) is 9.59 Å². The Labute approximate surface area is 258 Å². The lowest BCUT2D eigenvalue weighted by atomic mass is 9.92. The molecule has 42 heavy (non-hydrogen) atoms. The smallest absolute Gasteiger partial charge is 0.254 e. The Morgan fingerprint density at radius 3 is 2.33 bits per heavy atom. The predicted octanol–water partition coefficient (Wildman–Crippen LogP) is 5.54. The maximum Gasteiger partial charge on any atom is 0.254 e. The molecule has 5 unspecified atom stereocenters. The highest BCUT2D eigenvalue weighted by Crippen LogP contribution is 2.35. The highest BCUT2D eigenvalue weighted by molar-refractivity contribution is 6.42. The summed E-state index contributed by atoms with van der Waals surface area (Å²) >= 11 is 12.6. The third-order valence-corrected chi connectivity index (χ3v) is 9.91. The molecule has 0 saturated carbocycles. The third kappa shape index (κ3) is 6.23. The highest BCUT2D eigenvalue weighted by Gasteiger charge is 2.44. The minimum atomic E-state index is -0.309. The van der Waals surface area contributed by atoms with Crippen molar-refractivity contribution in [3.8, 4) is 0 Å². The molecule has 0 spiro atoms. The van der Waals surface area contributed by atoms with E-state index in [1.165, 1.54) is 5.56 Å². The molecule has 2 bridgehead atoms. The fourth-order valence-electron chi connectivity index (χ4n) is 7.14. The first-order valence-corrected chi connectivity index (χ1v) is 15.6. The molecule has 3 aromatic carbocycles. The molecule has 0 radical (unpaired) electrons. The molecule has 6 rings (SSSR count). The first-order valence-electron chi connectivity index (χ1n) is 14.9. The van der Waals surface area contributed by atoms with E-state index in [0.717, 1.165) is 42.6 Å². The fourth-order valence-corrected chi connectivity index (χ4v) is 7.45. The molecule has 220 valence electrons. The number of aryl methyl sites for hydroxylation is 2. The van der Waals surface area contributed by atoms with Crippen molar-refractivity contribution >= 4 is 35.0 Å². The van der Waals surface area contributed by atoms with E-state index < -0.39 is 0 Å². The normalized spacial score (nSPS) is 25.2. The molecule has 3 fully saturated rings. The maximum absolute atomic E-state index is 13.7. The summed E-state index contributed by atoms with van der Waals surface area (Å²) < 4.78 is 0. The molecule has 3 heterocycles. The summed E-state index contributed by atoms with van der Waals surface area (Å²) in [5.74, 6) is 0.589. The lowest BCUT2D eigenvalue weighted by Crippen LogP contribution is -2.55. The number of piperidine rings is 1. The summed E-state index contributed by atoms with van der Waals surface area (Å²) in [7, 11) is 0. The van der Waals surface area contributed by atoms with Crippen LogP contribution in [0.15, 0.2) is 66.7 Å². The molecule has 2 amide bonds. The van der Waals surface area contributed by atoms with Gasteiger partial charge in [-0.2, -0.15) is 0 Å². The number of carbonyl (C=O) groups excluding carboxylic acids is 2. The van der Waals surface area contributed by atoms with Crippen LogP contribution in [0.2, 0.25) is 10.0 Å². The molecule has 0 aliphatic carbocycles. The third-order valence-electron chi connectivity index (χ3n) is 9.18. The van der Waals surface area contributed by atoms with Crippen LogP contribution in [0.25, 0.3) is 0 Å². The molecule has 8 heteroatoms. The standard InChI is InChI=1S/C34H38Cl2N4O2/c1-22-12-23(2)14-26(13-22)34(42)38-10-11-40(32(21-38)25-8-9-29(35)30(36)17-25)33(41)18-37-31-20-39-19-27(31)16-28(39)15-24-6-4-3-5-7-24/h3-9,12-14,17,27-28,31-32,37H,10-11,15-16,18-21H2,1-2H3. The Morgan fingerprint density at radius 1 is 0.881 bits per heavy atom. The molecular formula is C34H38Cl2N4O2. The fraction of sp³-hybridized carbons (Fsp3) is 0.412. The van der Waals surface area contributed by atoms with Gasteiger partial charge in [0.1, 0.15) is 0 Å². The van der Waals surface area contributed by atoms with Gasteiger partial charge in [-0.15, -0.1) is 0 Å². The first-order chi connectivity index (χ1) is 20.2. The number of hydrogen-bond acceptors (Lipinski definition) is 4. The maximum atomic E-state index is 13.7. The van der Waals surface area contributed by atoms with Crippen LogP contribution in [0.4, 0.5) is 0 Å². The van der Waals surface area contributed by atoms with Gasteiger partial charge in [-0.25, -0.2) is 0 Å². The second-order valence-electron chi connectivity index (χ2n) is 12.2. The van der Waals surface area contributed by atoms with Crippen LogP contribution in [-0.4, -0.2) is 77.9 Å². The van der Waals surface area contributed by atoms with Gasteiger partial charge in [-0.3, -0.25) is 14.5 Å². The van der Waals surface area contributed by atoms with Crippen LogP contribution in [0.1, 0.15) is 45.1 Å². The molecule has 6 nitrogen and oxygen atoms in total. The van der Waals surface area contributed by atoms with Crippen molar-refractivity contribution in [2.75, 3.05) is 39.3 Å². The van der Waals surface area contributed by atoms with Gasteiger partial charge >= 0.3 is 0 Å². The molecule has 0 aromatic heterocycles. The van der Waals surface area contributed by atoms with E-state index in [0.29, 0.717) is 53.2 Å². The van der Waals surface area contributed by atoms with Gasteiger partial charge in [-0.05, 0) is 68.0 Å². The topological polar surface area (TPSA) is 55.9 Å². The Kier molecular flexibility index (Phi) is 8.60. The van der Waals surface area contributed by atoms with Gasteiger partial charge in [0, 0.05) is 50.4 Å². The van der Waals surface area contributed by atoms with Crippen molar-refractivity contribution in [1.29, 1.82) is 0 Å². The minimum absolute atomic E-state index is 0.0156.